The summed E-state index contributed by atoms with van der Waals surface area (Å²) in [6.45, 7) is 3.56. The normalized spacial score (nSPS) is 20.1. The predicted octanol–water partition coefficient (Wildman–Crippen LogP) is 2.37. The lowest BCUT2D eigenvalue weighted by Gasteiger charge is -2.41. The molecule has 168 valence electrons. The molecule has 2 saturated carbocycles. The topological polar surface area (TPSA) is 99.2 Å². The van der Waals surface area contributed by atoms with E-state index in [-0.39, 0.29) is 23.6 Å². The van der Waals surface area contributed by atoms with Gasteiger partial charge in [-0.15, -0.1) is 5.10 Å². The van der Waals surface area contributed by atoms with Gasteiger partial charge in [-0.1, -0.05) is 6.58 Å². The van der Waals surface area contributed by atoms with Crippen LogP contribution in [0.4, 0.5) is 11.4 Å². The molecule has 0 bridgehead atoms. The Balaban J connectivity index is 1.54. The van der Waals surface area contributed by atoms with Gasteiger partial charge < -0.3 is 24.1 Å². The number of carbonyl (C=O) groups is 1. The Hall–Kier alpha value is -3.56. The van der Waals surface area contributed by atoms with E-state index >= 15 is 0 Å². The Bertz CT molecular complexity index is 1260. The Morgan fingerprint density at radius 3 is 2.66 bits per heavy atom. The molecule has 0 aromatic carbocycles. The standard InChI is InChI=1S/C22H27N7O3/c1-5-18(30)27(3)14-8-15(9-14)28-11-16(24-17-10-26(2)25-21(17)32-4)19-20(22(28)31)29(12-23-19)13-6-7-13/h5,10-15,24H,1,6-9H2,2-4H3. The first-order valence-electron chi connectivity index (χ1n) is 10.8. The van der Waals surface area contributed by atoms with E-state index in [1.54, 1.807) is 34.6 Å². The second kappa shape index (κ2) is 7.54. The fraction of sp³-hybridized carbons (Fsp3) is 0.455. The fourth-order valence-electron chi connectivity index (χ4n) is 4.42. The van der Waals surface area contributed by atoms with Gasteiger partial charge in [0.05, 0.1) is 25.3 Å². The molecule has 2 fully saturated rings. The quantitative estimate of drug-likeness (QED) is 0.570. The molecule has 3 heterocycles. The van der Waals surface area contributed by atoms with Gasteiger partial charge in [-0.2, -0.15) is 0 Å². The van der Waals surface area contributed by atoms with Crippen molar-refractivity contribution in [3.05, 3.63) is 41.7 Å². The maximum absolute atomic E-state index is 13.5. The minimum Gasteiger partial charge on any atom is -0.478 e. The molecular weight excluding hydrogens is 410 g/mol. The average Bonchev–Trinajstić information content (AvgIpc) is 3.39. The van der Waals surface area contributed by atoms with Crippen molar-refractivity contribution in [2.45, 2.75) is 43.8 Å². The van der Waals surface area contributed by atoms with Crippen LogP contribution in [0, 0.1) is 0 Å². The number of fused-ring (bicyclic) bond motifs is 1. The van der Waals surface area contributed by atoms with E-state index in [0.717, 1.165) is 18.5 Å². The van der Waals surface area contributed by atoms with Gasteiger partial charge in [0, 0.05) is 38.4 Å². The highest BCUT2D eigenvalue weighted by molar-refractivity contribution is 5.90. The third-order valence-corrected chi connectivity index (χ3v) is 6.50. The highest BCUT2D eigenvalue weighted by atomic mass is 16.5. The molecule has 1 N–H and O–H groups in total. The van der Waals surface area contributed by atoms with Gasteiger partial charge >= 0.3 is 0 Å². The van der Waals surface area contributed by atoms with Crippen LogP contribution < -0.4 is 15.6 Å². The van der Waals surface area contributed by atoms with E-state index in [9.17, 15) is 9.59 Å². The molecule has 10 nitrogen and oxygen atoms in total. The Kier molecular flexibility index (Phi) is 4.79. The van der Waals surface area contributed by atoms with Crippen LogP contribution in [0.3, 0.4) is 0 Å². The van der Waals surface area contributed by atoms with E-state index < -0.39 is 0 Å². The number of likely N-dealkylation sites (N-methyl/N-ethyl adjacent to an activating group) is 1. The Labute approximate surface area is 185 Å². The molecule has 3 aromatic heterocycles. The number of nitrogens with one attached hydrogen (secondary N) is 1. The lowest BCUT2D eigenvalue weighted by Crippen LogP contribution is -2.47. The van der Waals surface area contributed by atoms with Crippen LogP contribution in [0.2, 0.25) is 0 Å². The molecule has 3 aromatic rings. The van der Waals surface area contributed by atoms with E-state index in [1.165, 1.54) is 6.08 Å². The number of pyridine rings is 1. The molecule has 0 aliphatic heterocycles. The van der Waals surface area contributed by atoms with Crippen molar-refractivity contribution in [2.75, 3.05) is 19.5 Å². The van der Waals surface area contributed by atoms with Crippen molar-refractivity contribution >= 4 is 28.3 Å². The number of aromatic nitrogens is 5. The van der Waals surface area contributed by atoms with Gasteiger partial charge in [0.15, 0.2) is 0 Å². The summed E-state index contributed by atoms with van der Waals surface area (Å²) < 4.78 is 10.8. The van der Waals surface area contributed by atoms with Gasteiger partial charge in [-0.05, 0) is 31.8 Å². The van der Waals surface area contributed by atoms with E-state index in [1.807, 2.05) is 24.0 Å². The smallest absolute Gasteiger partial charge is 0.277 e. The summed E-state index contributed by atoms with van der Waals surface area (Å²) in [5.74, 6) is 0.363. The minimum atomic E-state index is -0.103. The molecule has 0 unspecified atom stereocenters. The minimum absolute atomic E-state index is 0.0101. The van der Waals surface area contributed by atoms with Gasteiger partial charge in [0.2, 0.25) is 5.91 Å². The van der Waals surface area contributed by atoms with Gasteiger partial charge in [-0.25, -0.2) is 4.98 Å². The zero-order chi connectivity index (χ0) is 22.6. The second-order valence-electron chi connectivity index (χ2n) is 8.62. The van der Waals surface area contributed by atoms with Crippen LogP contribution in [0.15, 0.2) is 36.2 Å². The van der Waals surface area contributed by atoms with Crippen LogP contribution in [-0.2, 0) is 11.8 Å². The summed E-state index contributed by atoms with van der Waals surface area (Å²) >= 11 is 0. The first-order chi connectivity index (χ1) is 15.4. The largest absolute Gasteiger partial charge is 0.478 e. The molecule has 5 rings (SSSR count). The van der Waals surface area contributed by atoms with Crippen LogP contribution in [0.5, 0.6) is 5.88 Å². The lowest BCUT2D eigenvalue weighted by atomic mass is 9.85. The van der Waals surface area contributed by atoms with Crippen LogP contribution in [0.1, 0.15) is 37.8 Å². The molecule has 32 heavy (non-hydrogen) atoms. The van der Waals surface area contributed by atoms with Crippen molar-refractivity contribution in [1.29, 1.82) is 0 Å². The number of hydrogen-bond acceptors (Lipinski definition) is 6. The molecule has 10 heteroatoms. The number of carbonyl (C=O) groups excluding carboxylic acids is 1. The summed E-state index contributed by atoms with van der Waals surface area (Å²) in [4.78, 5) is 31.7. The third kappa shape index (κ3) is 3.26. The number of hydrogen-bond donors (Lipinski definition) is 1. The number of imidazole rings is 1. The van der Waals surface area contributed by atoms with E-state index in [4.69, 9.17) is 4.74 Å². The number of methoxy groups -OCH3 is 1. The third-order valence-electron chi connectivity index (χ3n) is 6.50. The summed E-state index contributed by atoms with van der Waals surface area (Å²) in [6.07, 6.45) is 10.3. The predicted molar refractivity (Wildman–Crippen MR) is 120 cm³/mol. The highest BCUT2D eigenvalue weighted by Crippen LogP contribution is 2.40. The van der Waals surface area contributed by atoms with Gasteiger partial charge in [0.25, 0.3) is 11.4 Å². The van der Waals surface area contributed by atoms with Crippen LogP contribution in [0.25, 0.3) is 11.0 Å². The van der Waals surface area contributed by atoms with E-state index in [2.05, 4.69) is 22.0 Å². The number of anilines is 2. The van der Waals surface area contributed by atoms with Crippen molar-refractivity contribution in [2.24, 2.45) is 7.05 Å². The fourth-order valence-corrected chi connectivity index (χ4v) is 4.42. The molecule has 0 radical (unpaired) electrons. The Morgan fingerprint density at radius 1 is 1.25 bits per heavy atom. The number of amides is 1. The molecule has 0 atom stereocenters. The maximum atomic E-state index is 13.5. The first kappa shape index (κ1) is 20.3. The Morgan fingerprint density at radius 2 is 2.00 bits per heavy atom. The summed E-state index contributed by atoms with van der Waals surface area (Å²) in [7, 11) is 5.17. The SMILES string of the molecule is C=CC(=O)N(C)C1CC(n2cc(Nc3cn(C)nc3OC)c3ncn(C4CC4)c3c2=O)C1. The number of aryl methyl sites for hydroxylation is 1. The average molecular weight is 438 g/mol. The zero-order valence-electron chi connectivity index (χ0n) is 18.5. The molecule has 1 amide bonds. The lowest BCUT2D eigenvalue weighted by molar-refractivity contribution is -0.129. The number of ether oxygens (including phenoxy) is 1. The summed E-state index contributed by atoms with van der Waals surface area (Å²) in [5.41, 5.74) is 2.63. The molecule has 0 spiro atoms. The summed E-state index contributed by atoms with van der Waals surface area (Å²) in [5, 5.41) is 7.67. The monoisotopic (exact) mass is 437 g/mol. The van der Waals surface area contributed by atoms with E-state index in [0.29, 0.717) is 41.5 Å². The van der Waals surface area contributed by atoms with Gasteiger partial charge in [-0.3, -0.25) is 14.3 Å². The summed E-state index contributed by atoms with van der Waals surface area (Å²) in [6, 6.07) is 0.432. The number of rotatable bonds is 7. The van der Waals surface area contributed by atoms with Crippen LogP contribution in [-0.4, -0.2) is 54.9 Å². The van der Waals surface area contributed by atoms with Crippen molar-refractivity contribution in [1.82, 2.24) is 28.8 Å². The van der Waals surface area contributed by atoms with Gasteiger partial charge in [0.1, 0.15) is 16.7 Å². The molecule has 2 aliphatic rings. The molecule has 0 saturated heterocycles. The zero-order valence-corrected chi connectivity index (χ0v) is 18.5. The highest BCUT2D eigenvalue weighted by Gasteiger charge is 2.36. The van der Waals surface area contributed by atoms with Crippen LogP contribution >= 0.6 is 0 Å². The molecule has 2 aliphatic carbocycles. The van der Waals surface area contributed by atoms with Crippen molar-refractivity contribution < 1.29 is 9.53 Å². The molecular formula is C22H27N7O3. The van der Waals surface area contributed by atoms with Crippen molar-refractivity contribution in [3.8, 4) is 5.88 Å². The van der Waals surface area contributed by atoms with Crippen molar-refractivity contribution in [3.63, 3.8) is 0 Å². The second-order valence-corrected chi connectivity index (χ2v) is 8.62. The maximum Gasteiger partial charge on any atom is 0.277 e. The first-order valence-corrected chi connectivity index (χ1v) is 10.8. The number of nitrogens with zero attached hydrogens (tertiary/aromatic N) is 6.